The van der Waals surface area contributed by atoms with Crippen LogP contribution in [-0.4, -0.2) is 21.2 Å². The summed E-state index contributed by atoms with van der Waals surface area (Å²) in [4.78, 5) is 17.2. The van der Waals surface area contributed by atoms with Crippen LogP contribution >= 0.6 is 19.8 Å². The summed E-state index contributed by atoms with van der Waals surface area (Å²) < 4.78 is 47.4. The van der Waals surface area contributed by atoms with Crippen LogP contribution in [0.15, 0.2) is 24.3 Å². The van der Waals surface area contributed by atoms with E-state index in [2.05, 4.69) is 10.6 Å². The van der Waals surface area contributed by atoms with Gasteiger partial charge in [-0.25, -0.2) is 0 Å². The molecule has 1 rings (SSSR count). The Balaban J connectivity index is 2.59. The average Bonchev–Trinajstić information content (AvgIpc) is 2.25. The minimum Gasteiger partial charge on any atom is -0.351 e. The zero-order chi connectivity index (χ0) is 14.7. The molecule has 5 nitrogen and oxygen atoms in total. The third-order valence-electron chi connectivity index (χ3n) is 1.92. The molecule has 1 aromatic rings. The van der Waals surface area contributed by atoms with Crippen LogP contribution in [0, 0.1) is 0 Å². The highest BCUT2D eigenvalue weighted by Gasteiger charge is 2.29. The van der Waals surface area contributed by atoms with E-state index >= 15 is 0 Å². The molecule has 0 bridgehead atoms. The van der Waals surface area contributed by atoms with Gasteiger partial charge in [0.25, 0.3) is 0 Å². The normalized spacial score (nSPS) is 12.1. The van der Waals surface area contributed by atoms with Gasteiger partial charge in [-0.1, -0.05) is 0 Å². The monoisotopic (exact) mass is 314 g/mol. The Morgan fingerprint density at radius 2 is 1.79 bits per heavy atom. The van der Waals surface area contributed by atoms with Gasteiger partial charge >= 0.3 is 13.8 Å². The molecule has 0 aromatic heterocycles. The molecule has 0 radical (unpaired) electrons. The number of alkyl halides is 3. The van der Waals surface area contributed by atoms with E-state index in [1.165, 1.54) is 0 Å². The number of nitrogens with one attached hydrogen (secondary N) is 2. The largest absolute Gasteiger partial charge is 0.416 e. The molecule has 0 aliphatic carbocycles. The summed E-state index contributed by atoms with van der Waals surface area (Å²) in [6.07, 6.45) is -5.07. The van der Waals surface area contributed by atoms with Crippen molar-refractivity contribution in [2.45, 2.75) is 6.18 Å². The maximum Gasteiger partial charge on any atom is 0.416 e. The first-order valence-electron chi connectivity index (χ1n) is 4.84. The smallest absolute Gasteiger partial charge is 0.351 e. The summed E-state index contributed by atoms with van der Waals surface area (Å²) in [5.74, 6) is 0. The van der Waals surface area contributed by atoms with E-state index < -0.39 is 25.6 Å². The fraction of sp³-hybridized carbons (Fsp3) is 0.222. The van der Waals surface area contributed by atoms with E-state index in [4.69, 9.17) is 22.0 Å². The molecule has 19 heavy (non-hydrogen) atoms. The van der Waals surface area contributed by atoms with Crippen molar-refractivity contribution >= 4 is 30.6 Å². The van der Waals surface area contributed by atoms with Crippen molar-refractivity contribution in [2.24, 2.45) is 0 Å². The highest BCUT2D eigenvalue weighted by Crippen LogP contribution is 2.32. The van der Waals surface area contributed by atoms with E-state index in [1.807, 2.05) is 0 Å². The Hall–Kier alpha value is -1.15. The molecule has 0 amide bonds. The minimum atomic E-state index is -4.42. The quantitative estimate of drug-likeness (QED) is 0.505. The molecule has 10 heteroatoms. The second kappa shape index (κ2) is 5.87. The molecule has 0 spiro atoms. The first kappa shape index (κ1) is 15.9. The first-order chi connectivity index (χ1) is 8.58. The maximum atomic E-state index is 12.3. The van der Waals surface area contributed by atoms with Crippen LogP contribution in [0.2, 0.25) is 0 Å². The van der Waals surface area contributed by atoms with Crippen LogP contribution in [0.3, 0.4) is 0 Å². The highest BCUT2D eigenvalue weighted by atomic mass is 32.1. The minimum absolute atomic E-state index is 0.0944. The van der Waals surface area contributed by atoms with Crippen molar-refractivity contribution in [1.82, 2.24) is 5.32 Å². The zero-order valence-electron chi connectivity index (χ0n) is 9.31. The van der Waals surface area contributed by atoms with Crippen LogP contribution in [0.25, 0.3) is 0 Å². The van der Waals surface area contributed by atoms with Crippen molar-refractivity contribution in [1.29, 1.82) is 0 Å². The van der Waals surface area contributed by atoms with Crippen molar-refractivity contribution in [2.75, 3.05) is 11.6 Å². The van der Waals surface area contributed by atoms with Gasteiger partial charge in [-0.05, 0) is 36.5 Å². The first-order valence-corrected chi connectivity index (χ1v) is 7.05. The molecule has 0 aliphatic rings. The van der Waals surface area contributed by atoms with Gasteiger partial charge in [-0.15, -0.1) is 0 Å². The van der Waals surface area contributed by atoms with Gasteiger partial charge in [0, 0.05) is 5.69 Å². The molecule has 0 heterocycles. The molecule has 0 fully saturated rings. The number of hydrogen-bond acceptors (Lipinski definition) is 2. The van der Waals surface area contributed by atoms with Gasteiger partial charge < -0.3 is 20.4 Å². The van der Waals surface area contributed by atoms with Crippen molar-refractivity contribution in [3.63, 3.8) is 0 Å². The third-order valence-corrected chi connectivity index (χ3v) is 2.73. The maximum absolute atomic E-state index is 12.3. The molecule has 4 N–H and O–H groups in total. The fourth-order valence-corrected chi connectivity index (χ4v) is 1.75. The summed E-state index contributed by atoms with van der Waals surface area (Å²) >= 11 is 4.72. The highest BCUT2D eigenvalue weighted by molar-refractivity contribution is 7.80. The number of thiocarbonyl (C=S) groups is 1. The zero-order valence-corrected chi connectivity index (χ0v) is 11.0. The number of rotatable bonds is 3. The molecule has 0 unspecified atom stereocenters. The molecule has 0 saturated carbocycles. The Labute approximate surface area is 112 Å². The summed E-state index contributed by atoms with van der Waals surface area (Å²) in [6, 6.07) is 4.06. The van der Waals surface area contributed by atoms with Crippen LogP contribution in [-0.2, 0) is 10.7 Å². The lowest BCUT2D eigenvalue weighted by Crippen LogP contribution is -2.29. The van der Waals surface area contributed by atoms with Crippen LogP contribution in [0.1, 0.15) is 5.56 Å². The summed E-state index contributed by atoms with van der Waals surface area (Å²) in [5.41, 5.74) is -0.525. The van der Waals surface area contributed by atoms with Gasteiger partial charge in [-0.3, -0.25) is 4.57 Å². The number of hydrogen-bond donors (Lipinski definition) is 4. The number of halogens is 3. The summed E-state index contributed by atoms with van der Waals surface area (Å²) in [5, 5.41) is 4.66. The summed E-state index contributed by atoms with van der Waals surface area (Å²) in [6.45, 7) is 0. The Morgan fingerprint density at radius 1 is 1.26 bits per heavy atom. The lowest BCUT2D eigenvalue weighted by Gasteiger charge is -2.12. The van der Waals surface area contributed by atoms with Crippen LogP contribution in [0.4, 0.5) is 18.9 Å². The average molecular weight is 314 g/mol. The number of anilines is 1. The second-order valence-corrected chi connectivity index (χ2v) is 5.58. The predicted molar refractivity (Wildman–Crippen MR) is 67.7 cm³/mol. The van der Waals surface area contributed by atoms with Crippen molar-refractivity contribution < 1.29 is 27.5 Å². The predicted octanol–water partition coefficient (Wildman–Crippen LogP) is 2.13. The summed E-state index contributed by atoms with van der Waals surface area (Å²) in [7, 11) is -4.24. The molecule has 0 aliphatic heterocycles. The van der Waals surface area contributed by atoms with Crippen LogP contribution in [0.5, 0.6) is 0 Å². The Kier molecular flexibility index (Phi) is 4.92. The molecule has 106 valence electrons. The van der Waals surface area contributed by atoms with Gasteiger partial charge in [0.15, 0.2) is 5.11 Å². The molecule has 1 aromatic carbocycles. The van der Waals surface area contributed by atoms with E-state index in [-0.39, 0.29) is 10.8 Å². The standard InChI is InChI=1S/C9H10F3N2O3PS/c10-9(11,12)6-1-3-7(4-2-6)14-8(19)13-5-18(15,16)17/h1-4H,5H2,(H2,13,14,19)(H2,15,16,17). The fourth-order valence-electron chi connectivity index (χ4n) is 1.09. The topological polar surface area (TPSA) is 81.6 Å². The second-order valence-electron chi connectivity index (χ2n) is 3.53. The van der Waals surface area contributed by atoms with Gasteiger partial charge in [-0.2, -0.15) is 13.2 Å². The SMILES string of the molecule is O=P(O)(O)CNC(=S)Nc1ccc(C(F)(F)F)cc1. The Bertz CT molecular complexity index is 500. The van der Waals surface area contributed by atoms with Gasteiger partial charge in [0.2, 0.25) is 0 Å². The van der Waals surface area contributed by atoms with E-state index in [0.717, 1.165) is 24.3 Å². The third kappa shape index (κ3) is 6.02. The number of benzene rings is 1. The van der Waals surface area contributed by atoms with Gasteiger partial charge in [0.05, 0.1) is 5.56 Å². The van der Waals surface area contributed by atoms with E-state index in [0.29, 0.717) is 0 Å². The molecule has 0 atom stereocenters. The molecular weight excluding hydrogens is 304 g/mol. The Morgan fingerprint density at radius 3 is 2.21 bits per heavy atom. The van der Waals surface area contributed by atoms with Crippen molar-refractivity contribution in [3.05, 3.63) is 29.8 Å². The van der Waals surface area contributed by atoms with E-state index in [1.54, 1.807) is 0 Å². The molecule has 0 saturated heterocycles. The van der Waals surface area contributed by atoms with Crippen molar-refractivity contribution in [3.8, 4) is 0 Å². The lowest BCUT2D eigenvalue weighted by atomic mass is 10.2. The van der Waals surface area contributed by atoms with Gasteiger partial charge in [0.1, 0.15) is 6.29 Å². The van der Waals surface area contributed by atoms with E-state index in [9.17, 15) is 17.7 Å². The lowest BCUT2D eigenvalue weighted by molar-refractivity contribution is -0.137. The van der Waals surface area contributed by atoms with Crippen LogP contribution < -0.4 is 10.6 Å². The molecular formula is C9H10F3N2O3PS.